The molecule has 3 N–H and O–H groups in total. The van der Waals surface area contributed by atoms with Crippen LogP contribution in [-0.2, 0) is 0 Å². The van der Waals surface area contributed by atoms with E-state index in [0.29, 0.717) is 12.2 Å². The summed E-state index contributed by atoms with van der Waals surface area (Å²) in [5.41, 5.74) is 1.72. The highest BCUT2D eigenvalue weighted by Crippen LogP contribution is 2.05. The lowest BCUT2D eigenvalue weighted by molar-refractivity contribution is 0.244. The predicted octanol–water partition coefficient (Wildman–Crippen LogP) is 1.63. The zero-order valence-electron chi connectivity index (χ0n) is 10.4. The molecule has 5 heteroatoms. The summed E-state index contributed by atoms with van der Waals surface area (Å²) in [6, 6.07) is -0.217. The van der Waals surface area contributed by atoms with Gasteiger partial charge < -0.3 is 16.0 Å². The van der Waals surface area contributed by atoms with Crippen molar-refractivity contribution in [3.05, 3.63) is 35.8 Å². The van der Waals surface area contributed by atoms with Crippen LogP contribution in [-0.4, -0.2) is 18.4 Å². The van der Waals surface area contributed by atoms with E-state index in [2.05, 4.69) is 20.9 Å². The van der Waals surface area contributed by atoms with E-state index in [-0.39, 0.29) is 6.03 Å². The maximum Gasteiger partial charge on any atom is 0.319 e. The minimum absolute atomic E-state index is 0.217. The normalized spacial score (nSPS) is 19.6. The standard InChI is InChI=1S/C12H18N4O/c1-4-10-6-7-14-11(10)15-8-9(3)16-12(17)13-5-2/h4,6-8H,5H2,1-3H3,(H,14,15)(H2,13,16,17)/b9-8+,10-4?. The molecule has 0 saturated heterocycles. The lowest BCUT2D eigenvalue weighted by Crippen LogP contribution is -2.33. The average Bonchev–Trinajstić information content (AvgIpc) is 2.73. The fourth-order valence-electron chi connectivity index (χ4n) is 1.29. The number of allylic oxidation sites excluding steroid dienone is 2. The van der Waals surface area contributed by atoms with E-state index in [9.17, 15) is 4.79 Å². The predicted molar refractivity (Wildman–Crippen MR) is 69.4 cm³/mol. The molecule has 5 nitrogen and oxygen atoms in total. The van der Waals surface area contributed by atoms with Crippen molar-refractivity contribution < 1.29 is 4.79 Å². The number of amidine groups is 1. The van der Waals surface area contributed by atoms with E-state index in [1.807, 2.05) is 32.2 Å². The van der Waals surface area contributed by atoms with Gasteiger partial charge in [0.2, 0.25) is 0 Å². The van der Waals surface area contributed by atoms with Crippen LogP contribution >= 0.6 is 0 Å². The third-order valence-electron chi connectivity index (χ3n) is 2.10. The summed E-state index contributed by atoms with van der Waals surface area (Å²) >= 11 is 0. The minimum atomic E-state index is -0.217. The summed E-state index contributed by atoms with van der Waals surface area (Å²) in [5, 5.41) is 8.34. The van der Waals surface area contributed by atoms with Crippen molar-refractivity contribution >= 4 is 11.9 Å². The Morgan fingerprint density at radius 1 is 1.59 bits per heavy atom. The van der Waals surface area contributed by atoms with Crippen LogP contribution in [0.5, 0.6) is 0 Å². The molecule has 1 heterocycles. The molecule has 1 aliphatic rings. The van der Waals surface area contributed by atoms with Crippen molar-refractivity contribution in [3.63, 3.8) is 0 Å². The summed E-state index contributed by atoms with van der Waals surface area (Å²) < 4.78 is 0. The maximum atomic E-state index is 11.2. The van der Waals surface area contributed by atoms with Gasteiger partial charge in [0, 0.05) is 30.2 Å². The molecule has 0 unspecified atom stereocenters. The van der Waals surface area contributed by atoms with E-state index >= 15 is 0 Å². The summed E-state index contributed by atoms with van der Waals surface area (Å²) in [6.07, 6.45) is 7.36. The molecule has 0 bridgehead atoms. The Bertz CT molecular complexity index is 405. The van der Waals surface area contributed by atoms with Crippen molar-refractivity contribution in [3.8, 4) is 0 Å². The van der Waals surface area contributed by atoms with Gasteiger partial charge in [-0.2, -0.15) is 0 Å². The van der Waals surface area contributed by atoms with E-state index in [1.54, 1.807) is 13.1 Å². The summed E-state index contributed by atoms with van der Waals surface area (Å²) in [4.78, 5) is 15.5. The Morgan fingerprint density at radius 2 is 2.35 bits per heavy atom. The van der Waals surface area contributed by atoms with Crippen LogP contribution in [0.25, 0.3) is 0 Å². The molecule has 0 fully saturated rings. The molecule has 0 radical (unpaired) electrons. The first-order valence-corrected chi connectivity index (χ1v) is 5.56. The molecule has 0 spiro atoms. The number of aliphatic imine (C=N–C) groups is 1. The van der Waals surface area contributed by atoms with Crippen molar-refractivity contribution in [2.24, 2.45) is 4.99 Å². The van der Waals surface area contributed by atoms with Gasteiger partial charge in [0.25, 0.3) is 0 Å². The first-order valence-electron chi connectivity index (χ1n) is 5.56. The quantitative estimate of drug-likeness (QED) is 0.695. The largest absolute Gasteiger partial charge is 0.346 e. The number of amides is 2. The van der Waals surface area contributed by atoms with Crippen LogP contribution in [0.3, 0.4) is 0 Å². The number of carbonyl (C=O) groups excluding carboxylic acids is 1. The first-order chi connectivity index (χ1) is 8.17. The number of nitrogens with one attached hydrogen (secondary N) is 3. The van der Waals surface area contributed by atoms with Gasteiger partial charge in [-0.05, 0) is 26.8 Å². The second-order valence-electron chi connectivity index (χ2n) is 3.50. The van der Waals surface area contributed by atoms with Gasteiger partial charge in [0.15, 0.2) is 0 Å². The summed E-state index contributed by atoms with van der Waals surface area (Å²) in [5.74, 6) is 0.782. The Labute approximate surface area is 101 Å². The molecule has 1 rings (SSSR count). The second kappa shape index (κ2) is 6.52. The molecule has 0 aromatic rings. The smallest absolute Gasteiger partial charge is 0.319 e. The number of hydrogen-bond acceptors (Lipinski definition) is 2. The van der Waals surface area contributed by atoms with Crippen LogP contribution in [0.1, 0.15) is 20.8 Å². The van der Waals surface area contributed by atoms with Gasteiger partial charge in [-0.25, -0.2) is 9.79 Å². The van der Waals surface area contributed by atoms with E-state index < -0.39 is 0 Å². The van der Waals surface area contributed by atoms with Crippen LogP contribution in [0.15, 0.2) is 40.8 Å². The topological polar surface area (TPSA) is 65.5 Å². The minimum Gasteiger partial charge on any atom is -0.346 e. The van der Waals surface area contributed by atoms with Gasteiger partial charge >= 0.3 is 6.03 Å². The SMILES string of the molecule is CC=C1C=CN/C1=N/C=C(\C)NC(=O)NCC. The van der Waals surface area contributed by atoms with Gasteiger partial charge in [0.05, 0.1) is 0 Å². The lowest BCUT2D eigenvalue weighted by Gasteiger charge is -2.04. The molecule has 0 aromatic carbocycles. The summed E-state index contributed by atoms with van der Waals surface area (Å²) in [7, 11) is 0. The third kappa shape index (κ3) is 4.14. The summed E-state index contributed by atoms with van der Waals surface area (Å²) in [6.45, 7) is 6.20. The third-order valence-corrected chi connectivity index (χ3v) is 2.10. The lowest BCUT2D eigenvalue weighted by atomic mass is 10.2. The van der Waals surface area contributed by atoms with E-state index in [0.717, 1.165) is 11.4 Å². The average molecular weight is 234 g/mol. The van der Waals surface area contributed by atoms with Gasteiger partial charge in [-0.1, -0.05) is 6.08 Å². The molecule has 1 aliphatic heterocycles. The maximum absolute atomic E-state index is 11.2. The molecule has 17 heavy (non-hydrogen) atoms. The number of urea groups is 1. The highest BCUT2D eigenvalue weighted by molar-refractivity contribution is 6.04. The van der Waals surface area contributed by atoms with Crippen LogP contribution in [0.4, 0.5) is 4.79 Å². The van der Waals surface area contributed by atoms with Crippen molar-refractivity contribution in [2.45, 2.75) is 20.8 Å². The Kier molecular flexibility index (Phi) is 5.00. The number of hydrogen-bond donors (Lipinski definition) is 3. The molecule has 2 amide bonds. The fraction of sp³-hybridized carbons (Fsp3) is 0.333. The van der Waals surface area contributed by atoms with Gasteiger partial charge in [-0.3, -0.25) is 0 Å². The van der Waals surface area contributed by atoms with Crippen molar-refractivity contribution in [2.75, 3.05) is 6.54 Å². The van der Waals surface area contributed by atoms with Crippen LogP contribution < -0.4 is 16.0 Å². The fourth-order valence-corrected chi connectivity index (χ4v) is 1.29. The molecule has 0 aromatic heterocycles. The zero-order valence-corrected chi connectivity index (χ0v) is 10.4. The molecule has 0 saturated carbocycles. The van der Waals surface area contributed by atoms with E-state index in [4.69, 9.17) is 0 Å². The Morgan fingerprint density at radius 3 is 3.00 bits per heavy atom. The molecule has 0 aliphatic carbocycles. The Hall–Kier alpha value is -2.04. The highest BCUT2D eigenvalue weighted by atomic mass is 16.2. The first kappa shape index (κ1) is 13.0. The van der Waals surface area contributed by atoms with Crippen molar-refractivity contribution in [1.82, 2.24) is 16.0 Å². The zero-order chi connectivity index (χ0) is 12.7. The highest BCUT2D eigenvalue weighted by Gasteiger charge is 2.06. The molecule has 0 atom stereocenters. The molecular formula is C12H18N4O. The van der Waals surface area contributed by atoms with E-state index in [1.165, 1.54) is 0 Å². The van der Waals surface area contributed by atoms with Crippen LogP contribution in [0, 0.1) is 0 Å². The monoisotopic (exact) mass is 234 g/mol. The van der Waals surface area contributed by atoms with Crippen molar-refractivity contribution in [1.29, 1.82) is 0 Å². The Balaban J connectivity index is 2.58. The number of carbonyl (C=O) groups is 1. The number of rotatable bonds is 3. The van der Waals surface area contributed by atoms with Gasteiger partial charge in [0.1, 0.15) is 5.84 Å². The number of nitrogens with zero attached hydrogens (tertiary/aromatic N) is 1. The molecular weight excluding hydrogens is 216 g/mol. The van der Waals surface area contributed by atoms with Gasteiger partial charge in [-0.15, -0.1) is 0 Å². The van der Waals surface area contributed by atoms with Crippen LogP contribution in [0.2, 0.25) is 0 Å². The molecule has 92 valence electrons. The second-order valence-corrected chi connectivity index (χ2v) is 3.50.